The highest BCUT2D eigenvalue weighted by atomic mass is 35.5. The Labute approximate surface area is 118 Å². The van der Waals surface area contributed by atoms with E-state index in [0.717, 1.165) is 0 Å². The minimum Gasteiger partial charge on any atom is -0.478 e. The third kappa shape index (κ3) is 2.50. The number of rotatable bonds is 3. The first-order valence-corrected chi connectivity index (χ1v) is 6.09. The van der Waals surface area contributed by atoms with Crippen LogP contribution in [0.4, 0.5) is 0 Å². The van der Waals surface area contributed by atoms with E-state index in [2.05, 4.69) is 5.32 Å². The molecule has 1 amide bonds. The Bertz CT molecular complexity index is 767. The summed E-state index contributed by atoms with van der Waals surface area (Å²) in [4.78, 5) is 34.3. The number of hydrogen-bond acceptors (Lipinski definition) is 3. The SMILES string of the molecule is CNC(=O)Cn1c(=O)ccc2cc(C(=O)O)cc(Cl)c21. The maximum atomic E-state index is 11.9. The Kier molecular flexibility index (Phi) is 3.76. The molecule has 0 spiro atoms. The Hall–Kier alpha value is -2.34. The van der Waals surface area contributed by atoms with Crippen LogP contribution in [-0.4, -0.2) is 28.6 Å². The Balaban J connectivity index is 2.74. The van der Waals surface area contributed by atoms with Crippen molar-refractivity contribution in [3.63, 3.8) is 0 Å². The van der Waals surface area contributed by atoms with Gasteiger partial charge in [-0.15, -0.1) is 0 Å². The molecule has 1 aromatic carbocycles. The number of benzene rings is 1. The summed E-state index contributed by atoms with van der Waals surface area (Å²) < 4.78 is 1.21. The third-order valence-corrected chi connectivity index (χ3v) is 3.15. The third-order valence-electron chi connectivity index (χ3n) is 2.86. The van der Waals surface area contributed by atoms with Gasteiger partial charge < -0.3 is 10.4 Å². The maximum absolute atomic E-state index is 11.9. The summed E-state index contributed by atoms with van der Waals surface area (Å²) >= 11 is 6.06. The predicted molar refractivity (Wildman–Crippen MR) is 74.2 cm³/mol. The van der Waals surface area contributed by atoms with Crippen LogP contribution in [-0.2, 0) is 11.3 Å². The van der Waals surface area contributed by atoms with Gasteiger partial charge in [0.15, 0.2) is 0 Å². The van der Waals surface area contributed by atoms with Gasteiger partial charge in [-0.05, 0) is 18.2 Å². The van der Waals surface area contributed by atoms with Gasteiger partial charge in [-0.25, -0.2) is 4.79 Å². The minimum absolute atomic E-state index is 0.0210. The van der Waals surface area contributed by atoms with Crippen LogP contribution in [0, 0.1) is 0 Å². The van der Waals surface area contributed by atoms with Crippen LogP contribution in [0.3, 0.4) is 0 Å². The maximum Gasteiger partial charge on any atom is 0.335 e. The van der Waals surface area contributed by atoms with Gasteiger partial charge in [-0.2, -0.15) is 0 Å². The van der Waals surface area contributed by atoms with Crippen molar-refractivity contribution in [2.24, 2.45) is 0 Å². The molecule has 0 radical (unpaired) electrons. The van der Waals surface area contributed by atoms with E-state index < -0.39 is 5.97 Å². The zero-order valence-corrected chi connectivity index (χ0v) is 11.3. The Morgan fingerprint density at radius 3 is 2.65 bits per heavy atom. The van der Waals surface area contributed by atoms with E-state index in [4.69, 9.17) is 16.7 Å². The molecule has 0 fully saturated rings. The molecule has 7 heteroatoms. The lowest BCUT2D eigenvalue weighted by molar-refractivity contribution is -0.121. The van der Waals surface area contributed by atoms with Gasteiger partial charge in [0.05, 0.1) is 16.1 Å². The number of nitrogens with one attached hydrogen (secondary N) is 1. The Morgan fingerprint density at radius 1 is 1.35 bits per heavy atom. The van der Waals surface area contributed by atoms with E-state index in [1.807, 2.05) is 0 Å². The number of carbonyl (C=O) groups is 2. The average Bonchev–Trinajstić information content (AvgIpc) is 2.41. The molecule has 0 bridgehead atoms. The van der Waals surface area contributed by atoms with Gasteiger partial charge in [0.25, 0.3) is 5.56 Å². The molecule has 0 saturated carbocycles. The fraction of sp³-hybridized carbons (Fsp3) is 0.154. The first-order valence-electron chi connectivity index (χ1n) is 5.71. The summed E-state index contributed by atoms with van der Waals surface area (Å²) in [6.45, 7) is -0.182. The molecule has 104 valence electrons. The van der Waals surface area contributed by atoms with Crippen LogP contribution in [0.2, 0.25) is 5.02 Å². The highest BCUT2D eigenvalue weighted by molar-refractivity contribution is 6.35. The molecule has 0 aliphatic heterocycles. The van der Waals surface area contributed by atoms with Crippen LogP contribution in [0.5, 0.6) is 0 Å². The molecular weight excluding hydrogens is 284 g/mol. The van der Waals surface area contributed by atoms with Crippen molar-refractivity contribution in [2.45, 2.75) is 6.54 Å². The van der Waals surface area contributed by atoms with Crippen molar-refractivity contribution in [3.05, 3.63) is 45.2 Å². The number of hydrogen-bond donors (Lipinski definition) is 2. The summed E-state index contributed by atoms with van der Waals surface area (Å²) in [6.07, 6.45) is 0. The van der Waals surface area contributed by atoms with E-state index >= 15 is 0 Å². The lowest BCUT2D eigenvalue weighted by Crippen LogP contribution is -2.30. The molecule has 0 unspecified atom stereocenters. The van der Waals surface area contributed by atoms with Gasteiger partial charge in [0.1, 0.15) is 6.54 Å². The summed E-state index contributed by atoms with van der Waals surface area (Å²) in [7, 11) is 1.46. The number of amides is 1. The second kappa shape index (κ2) is 5.34. The van der Waals surface area contributed by atoms with Crippen LogP contribution < -0.4 is 10.9 Å². The van der Waals surface area contributed by atoms with E-state index in [-0.39, 0.29) is 28.6 Å². The van der Waals surface area contributed by atoms with Crippen LogP contribution in [0.1, 0.15) is 10.4 Å². The predicted octanol–water partition coefficient (Wildman–Crippen LogP) is 1.10. The molecule has 0 atom stereocenters. The molecule has 2 N–H and O–H groups in total. The standard InChI is InChI=1S/C13H11ClN2O4/c1-15-10(17)6-16-11(18)3-2-7-4-8(13(19)20)5-9(14)12(7)16/h2-5H,6H2,1H3,(H,15,17)(H,19,20). The number of nitrogens with zero attached hydrogens (tertiary/aromatic N) is 1. The number of fused-ring (bicyclic) bond motifs is 1. The zero-order valence-electron chi connectivity index (χ0n) is 10.5. The lowest BCUT2D eigenvalue weighted by Gasteiger charge is -2.11. The number of halogens is 1. The molecule has 1 heterocycles. The van der Waals surface area contributed by atoms with Crippen molar-refractivity contribution in [3.8, 4) is 0 Å². The van der Waals surface area contributed by atoms with Crippen molar-refractivity contribution in [2.75, 3.05) is 7.05 Å². The molecule has 0 aliphatic carbocycles. The molecule has 2 aromatic rings. The first-order chi connectivity index (χ1) is 9.43. The minimum atomic E-state index is -1.11. The van der Waals surface area contributed by atoms with Crippen LogP contribution >= 0.6 is 11.6 Å². The highest BCUT2D eigenvalue weighted by Crippen LogP contribution is 2.24. The number of pyridine rings is 1. The zero-order chi connectivity index (χ0) is 14.9. The number of likely N-dealkylation sites (N-methyl/N-ethyl adjacent to an activating group) is 1. The summed E-state index contributed by atoms with van der Waals surface area (Å²) in [6, 6.07) is 5.42. The van der Waals surface area contributed by atoms with Crippen LogP contribution in [0.25, 0.3) is 10.9 Å². The van der Waals surface area contributed by atoms with Gasteiger partial charge in [0.2, 0.25) is 5.91 Å². The van der Waals surface area contributed by atoms with E-state index in [9.17, 15) is 14.4 Å². The second-order valence-electron chi connectivity index (χ2n) is 4.13. The number of aromatic carboxylic acids is 1. The van der Waals surface area contributed by atoms with E-state index in [1.165, 1.54) is 35.9 Å². The fourth-order valence-corrected chi connectivity index (χ4v) is 2.23. The monoisotopic (exact) mass is 294 g/mol. The number of carbonyl (C=O) groups excluding carboxylic acids is 1. The van der Waals surface area contributed by atoms with Crippen molar-refractivity contribution < 1.29 is 14.7 Å². The molecule has 1 aromatic heterocycles. The van der Waals surface area contributed by atoms with Crippen molar-refractivity contribution in [1.82, 2.24) is 9.88 Å². The highest BCUT2D eigenvalue weighted by Gasteiger charge is 2.13. The number of carboxylic acid groups (broad SMARTS) is 1. The largest absolute Gasteiger partial charge is 0.478 e. The quantitative estimate of drug-likeness (QED) is 0.887. The van der Waals surface area contributed by atoms with Crippen molar-refractivity contribution >= 4 is 34.4 Å². The second-order valence-corrected chi connectivity index (χ2v) is 4.54. The topological polar surface area (TPSA) is 88.4 Å². The van der Waals surface area contributed by atoms with Gasteiger partial charge in [-0.1, -0.05) is 11.6 Å². The summed E-state index contributed by atoms with van der Waals surface area (Å²) in [5.41, 5.74) is -0.0218. The molecular formula is C13H11ClN2O4. The lowest BCUT2D eigenvalue weighted by atomic mass is 10.1. The fourth-order valence-electron chi connectivity index (χ4n) is 1.90. The normalized spacial score (nSPS) is 10.5. The molecule has 20 heavy (non-hydrogen) atoms. The molecule has 2 rings (SSSR count). The van der Waals surface area contributed by atoms with E-state index in [0.29, 0.717) is 10.9 Å². The average molecular weight is 295 g/mol. The summed E-state index contributed by atoms with van der Waals surface area (Å²) in [5, 5.41) is 12.0. The molecule has 0 aliphatic rings. The molecule has 6 nitrogen and oxygen atoms in total. The molecule has 0 saturated heterocycles. The first kappa shape index (κ1) is 14.1. The number of aromatic nitrogens is 1. The summed E-state index contributed by atoms with van der Waals surface area (Å²) in [5.74, 6) is -1.46. The smallest absolute Gasteiger partial charge is 0.335 e. The number of carboxylic acids is 1. The van der Waals surface area contributed by atoms with Gasteiger partial charge in [-0.3, -0.25) is 14.2 Å². The Morgan fingerprint density at radius 2 is 2.05 bits per heavy atom. The van der Waals surface area contributed by atoms with Crippen LogP contribution in [0.15, 0.2) is 29.1 Å². The van der Waals surface area contributed by atoms with Gasteiger partial charge in [0, 0.05) is 18.5 Å². The van der Waals surface area contributed by atoms with Crippen molar-refractivity contribution in [1.29, 1.82) is 0 Å². The van der Waals surface area contributed by atoms with E-state index in [1.54, 1.807) is 0 Å². The van der Waals surface area contributed by atoms with Gasteiger partial charge >= 0.3 is 5.97 Å².